The van der Waals surface area contributed by atoms with Crippen molar-refractivity contribution in [1.82, 2.24) is 10.6 Å². The molecule has 19 heavy (non-hydrogen) atoms. The fraction of sp³-hybridized carbons (Fsp3) is 0.583. The van der Waals surface area contributed by atoms with Crippen LogP contribution in [0.1, 0.15) is 11.8 Å². The number of halogens is 1. The van der Waals surface area contributed by atoms with Gasteiger partial charge in [-0.15, -0.1) is 11.3 Å². The monoisotopic (exact) mass is 322 g/mol. The van der Waals surface area contributed by atoms with Crippen LogP contribution in [0, 0.1) is 0 Å². The lowest BCUT2D eigenvalue weighted by Gasteiger charge is -2.22. The lowest BCUT2D eigenvalue weighted by molar-refractivity contribution is 0.0870. The fourth-order valence-corrected chi connectivity index (χ4v) is 3.29. The van der Waals surface area contributed by atoms with E-state index in [-0.39, 0.29) is 12.6 Å². The maximum absolute atomic E-state index is 11.5. The molecule has 0 saturated heterocycles. The number of hydrogen-bond donors (Lipinski definition) is 3. The number of hydrogen-bond acceptors (Lipinski definition) is 4. The number of carbonyl (C=O) groups is 1. The number of amides is 2. The van der Waals surface area contributed by atoms with Gasteiger partial charge in [0, 0.05) is 23.7 Å². The maximum atomic E-state index is 11.5. The van der Waals surface area contributed by atoms with Crippen molar-refractivity contribution in [3.05, 3.63) is 21.3 Å². The number of urea groups is 1. The van der Waals surface area contributed by atoms with E-state index in [4.69, 9.17) is 11.6 Å². The number of rotatable bonds is 7. The zero-order valence-corrected chi connectivity index (χ0v) is 13.4. The van der Waals surface area contributed by atoms with Crippen molar-refractivity contribution in [2.24, 2.45) is 0 Å². The number of thioether (sulfide) groups is 1. The minimum absolute atomic E-state index is 0.241. The Morgan fingerprint density at radius 1 is 1.53 bits per heavy atom. The summed E-state index contributed by atoms with van der Waals surface area (Å²) >= 11 is 8.88. The van der Waals surface area contributed by atoms with Crippen LogP contribution in [-0.2, 0) is 6.42 Å². The molecule has 0 radical (unpaired) electrons. The zero-order valence-electron chi connectivity index (χ0n) is 11.0. The molecule has 0 aliphatic heterocycles. The molecule has 2 amide bonds. The summed E-state index contributed by atoms with van der Waals surface area (Å²) in [5, 5.41) is 15.3. The Bertz CT molecular complexity index is 410. The van der Waals surface area contributed by atoms with Gasteiger partial charge in [-0.2, -0.15) is 11.8 Å². The molecule has 0 fully saturated rings. The smallest absolute Gasteiger partial charge is 0.314 e. The first-order valence-corrected chi connectivity index (χ1v) is 8.49. The number of nitrogens with one attached hydrogen (secondary N) is 2. The highest BCUT2D eigenvalue weighted by Crippen LogP contribution is 2.21. The summed E-state index contributed by atoms with van der Waals surface area (Å²) in [6.45, 7) is 2.50. The Morgan fingerprint density at radius 2 is 2.26 bits per heavy atom. The third kappa shape index (κ3) is 7.06. The van der Waals surface area contributed by atoms with Gasteiger partial charge in [0.25, 0.3) is 0 Å². The van der Waals surface area contributed by atoms with E-state index in [2.05, 4.69) is 10.6 Å². The second kappa shape index (κ2) is 7.99. The SMILES string of the molecule is CSCC(C)(O)CNC(=O)NCCc1ccc(Cl)s1. The van der Waals surface area contributed by atoms with Gasteiger partial charge in [-0.3, -0.25) is 0 Å². The molecule has 0 aliphatic carbocycles. The van der Waals surface area contributed by atoms with Gasteiger partial charge in [0.1, 0.15) is 0 Å². The molecule has 1 rings (SSSR count). The molecule has 1 aromatic rings. The van der Waals surface area contributed by atoms with Crippen LogP contribution in [0.3, 0.4) is 0 Å². The van der Waals surface area contributed by atoms with Gasteiger partial charge in [-0.1, -0.05) is 11.6 Å². The van der Waals surface area contributed by atoms with Crippen molar-refractivity contribution in [3.8, 4) is 0 Å². The lowest BCUT2D eigenvalue weighted by atomic mass is 10.1. The Morgan fingerprint density at radius 3 is 2.84 bits per heavy atom. The zero-order chi connectivity index (χ0) is 14.3. The Hall–Kier alpha value is -0.430. The Kier molecular flexibility index (Phi) is 6.99. The van der Waals surface area contributed by atoms with Gasteiger partial charge in [0.05, 0.1) is 9.94 Å². The van der Waals surface area contributed by atoms with Gasteiger partial charge < -0.3 is 15.7 Å². The topological polar surface area (TPSA) is 61.4 Å². The van der Waals surface area contributed by atoms with Crippen LogP contribution in [0.4, 0.5) is 4.79 Å². The molecular weight excluding hydrogens is 304 g/mol. The first kappa shape index (κ1) is 16.6. The molecular formula is C12H19ClN2O2S2. The van der Waals surface area contributed by atoms with Crippen LogP contribution in [-0.4, -0.2) is 41.8 Å². The molecule has 4 nitrogen and oxygen atoms in total. The number of carbonyl (C=O) groups excluding carboxylic acids is 1. The van der Waals surface area contributed by atoms with E-state index in [1.807, 2.05) is 18.4 Å². The van der Waals surface area contributed by atoms with E-state index in [0.717, 1.165) is 15.6 Å². The lowest BCUT2D eigenvalue weighted by Crippen LogP contribution is -2.46. The van der Waals surface area contributed by atoms with Gasteiger partial charge in [-0.25, -0.2) is 4.79 Å². The van der Waals surface area contributed by atoms with Crippen LogP contribution in [0.15, 0.2) is 12.1 Å². The van der Waals surface area contributed by atoms with Crippen LogP contribution in [0.2, 0.25) is 4.34 Å². The third-order valence-corrected chi connectivity index (χ3v) is 4.57. The minimum Gasteiger partial charge on any atom is -0.387 e. The maximum Gasteiger partial charge on any atom is 0.314 e. The quantitative estimate of drug-likeness (QED) is 0.722. The second-order valence-corrected chi connectivity index (χ2v) is 7.16. The molecule has 0 bridgehead atoms. The van der Waals surface area contributed by atoms with E-state index < -0.39 is 5.60 Å². The van der Waals surface area contributed by atoms with Crippen molar-refractivity contribution in [3.63, 3.8) is 0 Å². The van der Waals surface area contributed by atoms with Gasteiger partial charge in [-0.05, 0) is 31.7 Å². The first-order valence-electron chi connectivity index (χ1n) is 5.90. The minimum atomic E-state index is -0.877. The summed E-state index contributed by atoms with van der Waals surface area (Å²) in [5.74, 6) is 0.584. The van der Waals surface area contributed by atoms with Crippen LogP contribution < -0.4 is 10.6 Å². The predicted molar refractivity (Wildman–Crippen MR) is 83.4 cm³/mol. The van der Waals surface area contributed by atoms with E-state index in [1.165, 1.54) is 11.3 Å². The van der Waals surface area contributed by atoms with E-state index >= 15 is 0 Å². The molecule has 108 valence electrons. The summed E-state index contributed by atoms with van der Waals surface area (Å²) in [6, 6.07) is 3.54. The van der Waals surface area contributed by atoms with Gasteiger partial charge in [0.15, 0.2) is 0 Å². The second-order valence-electron chi connectivity index (χ2n) is 4.50. The highest BCUT2D eigenvalue weighted by molar-refractivity contribution is 7.98. The van der Waals surface area contributed by atoms with E-state index in [0.29, 0.717) is 12.3 Å². The van der Waals surface area contributed by atoms with Crippen molar-refractivity contribution < 1.29 is 9.90 Å². The number of thiophene rings is 1. The summed E-state index contributed by atoms with van der Waals surface area (Å²) in [7, 11) is 0. The highest BCUT2D eigenvalue weighted by Gasteiger charge is 2.20. The molecule has 0 saturated carbocycles. The van der Waals surface area contributed by atoms with Crippen molar-refractivity contribution in [1.29, 1.82) is 0 Å². The Labute approximate surface area is 126 Å². The molecule has 1 atom stereocenters. The predicted octanol–water partition coefficient (Wildman–Crippen LogP) is 2.36. The largest absolute Gasteiger partial charge is 0.387 e. The summed E-state index contributed by atoms with van der Waals surface area (Å²) in [4.78, 5) is 12.7. The molecule has 3 N–H and O–H groups in total. The van der Waals surface area contributed by atoms with Crippen molar-refractivity contribution in [2.75, 3.05) is 25.1 Å². The van der Waals surface area contributed by atoms with Crippen LogP contribution >= 0.6 is 34.7 Å². The standard InChI is InChI=1S/C12H19ClN2O2S2/c1-12(17,8-18-2)7-15-11(16)14-6-5-9-3-4-10(13)19-9/h3-4,17H,5-8H2,1-2H3,(H2,14,15,16). The molecule has 1 aromatic heterocycles. The van der Waals surface area contributed by atoms with Crippen LogP contribution in [0.25, 0.3) is 0 Å². The summed E-state index contributed by atoms with van der Waals surface area (Å²) in [5.41, 5.74) is -0.877. The van der Waals surface area contributed by atoms with Crippen LogP contribution in [0.5, 0.6) is 0 Å². The average Bonchev–Trinajstić information content (AvgIpc) is 2.73. The summed E-state index contributed by atoms with van der Waals surface area (Å²) in [6.07, 6.45) is 2.67. The molecule has 0 aromatic carbocycles. The third-order valence-electron chi connectivity index (χ3n) is 2.37. The van der Waals surface area contributed by atoms with E-state index in [9.17, 15) is 9.90 Å². The Balaban J connectivity index is 2.18. The van der Waals surface area contributed by atoms with Gasteiger partial charge in [0.2, 0.25) is 0 Å². The fourth-order valence-electron chi connectivity index (χ4n) is 1.48. The molecule has 0 spiro atoms. The average molecular weight is 323 g/mol. The molecule has 7 heteroatoms. The highest BCUT2D eigenvalue weighted by atomic mass is 35.5. The van der Waals surface area contributed by atoms with Crippen molar-refractivity contribution in [2.45, 2.75) is 18.9 Å². The van der Waals surface area contributed by atoms with E-state index in [1.54, 1.807) is 18.7 Å². The molecule has 1 unspecified atom stereocenters. The molecule has 0 aliphatic rings. The summed E-state index contributed by atoms with van der Waals surface area (Å²) < 4.78 is 0.757. The molecule has 1 heterocycles. The van der Waals surface area contributed by atoms with Crippen molar-refractivity contribution >= 4 is 40.7 Å². The first-order chi connectivity index (χ1) is 8.93. The normalized spacial score (nSPS) is 13.9. The number of aliphatic hydroxyl groups is 1. The van der Waals surface area contributed by atoms with Gasteiger partial charge >= 0.3 is 6.03 Å².